The maximum absolute atomic E-state index is 13.7. The van der Waals surface area contributed by atoms with Crippen LogP contribution in [-0.4, -0.2) is 50.8 Å². The first-order valence-electron chi connectivity index (χ1n) is 7.14. The van der Waals surface area contributed by atoms with E-state index in [-0.39, 0.29) is 18.2 Å². The predicted octanol–water partition coefficient (Wildman–Crippen LogP) is 1.33. The van der Waals surface area contributed by atoms with Crippen molar-refractivity contribution in [2.45, 2.75) is 25.4 Å². The maximum atomic E-state index is 13.7. The molecule has 124 valence electrons. The number of rotatable bonds is 5. The Balaban J connectivity index is 2.02. The molecule has 0 aromatic heterocycles. The monoisotopic (exact) mass is 333 g/mol. The van der Waals surface area contributed by atoms with E-state index in [1.165, 1.54) is 32.3 Å². The molecular formula is C14H21F2N3O2S. The van der Waals surface area contributed by atoms with Crippen LogP contribution in [0.5, 0.6) is 0 Å². The largest absolute Gasteiger partial charge is 0.297 e. The molecule has 0 unspecified atom stereocenters. The van der Waals surface area contributed by atoms with Gasteiger partial charge in [0.15, 0.2) is 0 Å². The van der Waals surface area contributed by atoms with Crippen molar-refractivity contribution in [2.24, 2.45) is 0 Å². The summed E-state index contributed by atoms with van der Waals surface area (Å²) in [5.41, 5.74) is 0.0265. The van der Waals surface area contributed by atoms with Crippen molar-refractivity contribution in [3.63, 3.8) is 0 Å². The number of benzene rings is 1. The van der Waals surface area contributed by atoms with Crippen molar-refractivity contribution >= 4 is 10.2 Å². The van der Waals surface area contributed by atoms with E-state index in [9.17, 15) is 17.2 Å². The van der Waals surface area contributed by atoms with Crippen LogP contribution in [0.15, 0.2) is 18.2 Å². The summed E-state index contributed by atoms with van der Waals surface area (Å²) in [5, 5.41) is 0. The SMILES string of the molecule is CN(C)S(=O)(=O)N[C@@H]1CCCN(Cc2c(F)cccc2F)C1. The van der Waals surface area contributed by atoms with Crippen LogP contribution in [0, 0.1) is 11.6 Å². The molecule has 0 aliphatic carbocycles. The van der Waals surface area contributed by atoms with E-state index in [2.05, 4.69) is 4.72 Å². The lowest BCUT2D eigenvalue weighted by atomic mass is 10.1. The number of piperidine rings is 1. The smallest absolute Gasteiger partial charge is 0.279 e. The quantitative estimate of drug-likeness (QED) is 0.884. The van der Waals surface area contributed by atoms with E-state index < -0.39 is 21.8 Å². The van der Waals surface area contributed by atoms with E-state index in [1.807, 2.05) is 4.90 Å². The van der Waals surface area contributed by atoms with E-state index in [1.54, 1.807) is 0 Å². The molecule has 5 nitrogen and oxygen atoms in total. The third kappa shape index (κ3) is 4.22. The van der Waals surface area contributed by atoms with Crippen LogP contribution in [0.2, 0.25) is 0 Å². The molecule has 1 saturated heterocycles. The Morgan fingerprint density at radius 3 is 2.55 bits per heavy atom. The second kappa shape index (κ2) is 6.99. The zero-order valence-electron chi connectivity index (χ0n) is 12.7. The highest BCUT2D eigenvalue weighted by atomic mass is 32.2. The zero-order chi connectivity index (χ0) is 16.3. The molecule has 1 aromatic carbocycles. The Kier molecular flexibility index (Phi) is 5.49. The molecule has 0 spiro atoms. The number of hydrogen-bond donors (Lipinski definition) is 1. The Morgan fingerprint density at radius 2 is 1.95 bits per heavy atom. The summed E-state index contributed by atoms with van der Waals surface area (Å²) in [7, 11) is -0.590. The van der Waals surface area contributed by atoms with Gasteiger partial charge < -0.3 is 0 Å². The molecule has 1 atom stereocenters. The molecule has 8 heteroatoms. The number of nitrogens with zero attached hydrogens (tertiary/aromatic N) is 2. The lowest BCUT2D eigenvalue weighted by Crippen LogP contribution is -2.50. The Hall–Kier alpha value is -1.09. The van der Waals surface area contributed by atoms with E-state index >= 15 is 0 Å². The standard InChI is InChI=1S/C14H21F2N3O2S/c1-18(2)22(20,21)17-11-5-4-8-19(9-11)10-12-13(15)6-3-7-14(12)16/h3,6-7,11,17H,4-5,8-10H2,1-2H3/t11-/m1/s1. The minimum absolute atomic E-state index is 0.0265. The van der Waals surface area contributed by atoms with Gasteiger partial charge in [0.05, 0.1) is 0 Å². The predicted molar refractivity (Wildman–Crippen MR) is 80.4 cm³/mol. The molecule has 0 bridgehead atoms. The van der Waals surface area contributed by atoms with Crippen molar-refractivity contribution in [1.82, 2.24) is 13.9 Å². The van der Waals surface area contributed by atoms with Gasteiger partial charge in [-0.15, -0.1) is 0 Å². The molecule has 1 aliphatic rings. The van der Waals surface area contributed by atoms with Gasteiger partial charge in [-0.2, -0.15) is 17.4 Å². The Labute approximate surface area is 130 Å². The van der Waals surface area contributed by atoms with Crippen molar-refractivity contribution in [2.75, 3.05) is 27.2 Å². The molecule has 0 saturated carbocycles. The summed E-state index contributed by atoms with van der Waals surface area (Å²) < 4.78 is 54.8. The third-order valence-electron chi connectivity index (χ3n) is 3.75. The summed E-state index contributed by atoms with van der Waals surface area (Å²) in [6.45, 7) is 1.26. The summed E-state index contributed by atoms with van der Waals surface area (Å²) in [5.74, 6) is -1.15. The van der Waals surface area contributed by atoms with Crippen LogP contribution in [0.1, 0.15) is 18.4 Å². The van der Waals surface area contributed by atoms with Gasteiger partial charge in [0.25, 0.3) is 10.2 Å². The summed E-state index contributed by atoms with van der Waals surface area (Å²) >= 11 is 0. The third-order valence-corrected chi connectivity index (χ3v) is 5.34. The van der Waals surface area contributed by atoms with Crippen LogP contribution in [-0.2, 0) is 16.8 Å². The fourth-order valence-electron chi connectivity index (χ4n) is 2.52. The molecule has 2 rings (SSSR count). The van der Waals surface area contributed by atoms with Gasteiger partial charge >= 0.3 is 0 Å². The molecule has 1 N–H and O–H groups in total. The fraction of sp³-hybridized carbons (Fsp3) is 0.571. The van der Waals surface area contributed by atoms with Gasteiger partial charge in [-0.1, -0.05) is 6.07 Å². The van der Waals surface area contributed by atoms with Gasteiger partial charge in [-0.3, -0.25) is 4.90 Å². The summed E-state index contributed by atoms with van der Waals surface area (Å²) in [6, 6.07) is 3.54. The Bertz CT molecular complexity index is 602. The summed E-state index contributed by atoms with van der Waals surface area (Å²) in [4.78, 5) is 1.87. The number of hydrogen-bond acceptors (Lipinski definition) is 3. The molecular weight excluding hydrogens is 312 g/mol. The maximum Gasteiger partial charge on any atom is 0.279 e. The average Bonchev–Trinajstić information content (AvgIpc) is 2.43. The zero-order valence-corrected chi connectivity index (χ0v) is 13.5. The molecule has 0 amide bonds. The fourth-order valence-corrected chi connectivity index (χ4v) is 3.34. The van der Waals surface area contributed by atoms with Gasteiger partial charge in [0, 0.05) is 38.8 Å². The van der Waals surface area contributed by atoms with Crippen molar-refractivity contribution in [3.8, 4) is 0 Å². The van der Waals surface area contributed by atoms with Gasteiger partial charge in [-0.25, -0.2) is 8.78 Å². The molecule has 1 heterocycles. The van der Waals surface area contributed by atoms with Crippen LogP contribution < -0.4 is 4.72 Å². The van der Waals surface area contributed by atoms with Gasteiger partial charge in [0.1, 0.15) is 11.6 Å². The molecule has 1 aromatic rings. The van der Waals surface area contributed by atoms with Crippen molar-refractivity contribution in [1.29, 1.82) is 0 Å². The van der Waals surface area contributed by atoms with E-state index in [0.717, 1.165) is 10.7 Å². The highest BCUT2D eigenvalue weighted by Gasteiger charge is 2.26. The van der Waals surface area contributed by atoms with Gasteiger partial charge in [-0.05, 0) is 31.5 Å². The number of nitrogens with one attached hydrogen (secondary N) is 1. The first kappa shape index (κ1) is 17.3. The molecule has 1 aliphatic heterocycles. The highest BCUT2D eigenvalue weighted by Crippen LogP contribution is 2.18. The van der Waals surface area contributed by atoms with E-state index in [0.29, 0.717) is 19.5 Å². The second-order valence-electron chi connectivity index (χ2n) is 5.68. The number of likely N-dealkylation sites (tertiary alicyclic amines) is 1. The second-order valence-corrected chi connectivity index (χ2v) is 7.60. The van der Waals surface area contributed by atoms with Crippen LogP contribution in [0.3, 0.4) is 0 Å². The molecule has 22 heavy (non-hydrogen) atoms. The average molecular weight is 333 g/mol. The molecule has 0 radical (unpaired) electrons. The normalized spacial score (nSPS) is 20.5. The minimum Gasteiger partial charge on any atom is -0.297 e. The minimum atomic E-state index is -3.50. The molecule has 1 fully saturated rings. The van der Waals surface area contributed by atoms with Crippen molar-refractivity contribution < 1.29 is 17.2 Å². The lowest BCUT2D eigenvalue weighted by molar-refractivity contribution is 0.189. The van der Waals surface area contributed by atoms with Crippen LogP contribution in [0.4, 0.5) is 8.78 Å². The topological polar surface area (TPSA) is 52.7 Å². The first-order chi connectivity index (χ1) is 10.3. The summed E-state index contributed by atoms with van der Waals surface area (Å²) in [6.07, 6.45) is 1.49. The lowest BCUT2D eigenvalue weighted by Gasteiger charge is -2.33. The van der Waals surface area contributed by atoms with Crippen molar-refractivity contribution in [3.05, 3.63) is 35.4 Å². The Morgan fingerprint density at radius 1 is 1.32 bits per heavy atom. The van der Waals surface area contributed by atoms with Gasteiger partial charge in [0.2, 0.25) is 0 Å². The van der Waals surface area contributed by atoms with E-state index in [4.69, 9.17) is 0 Å². The van der Waals surface area contributed by atoms with Crippen LogP contribution >= 0.6 is 0 Å². The van der Waals surface area contributed by atoms with Crippen LogP contribution in [0.25, 0.3) is 0 Å². The number of halogens is 2. The highest BCUT2D eigenvalue weighted by molar-refractivity contribution is 7.87. The first-order valence-corrected chi connectivity index (χ1v) is 8.58.